The Kier molecular flexibility index (Phi) is 7.71. The molecule has 6 nitrogen and oxygen atoms in total. The number of fused-ring (bicyclic) bond motifs is 1. The van der Waals surface area contributed by atoms with Crippen LogP contribution in [-0.4, -0.2) is 27.5 Å². The zero-order chi connectivity index (χ0) is 17.9. The Balaban J connectivity index is 0.00000243. The number of aryl methyl sites for hydroxylation is 2. The molecule has 4 N–H and O–H groups in total. The molecule has 0 radical (unpaired) electrons. The average molecular weight is 527 g/mol. The number of halogens is 2. The molecule has 0 fully saturated rings. The standard InChI is InChI=1S/C16H19ClN4O2S2.HI/c17-14-6-7-15(24-14)25(22,23)20-9-8-19-16(18)21-13-5-4-11-2-1-3-12(11)10-13;/h4-7,10,20H,1-3,8-9H2,(H3,18,19,21);1H. The van der Waals surface area contributed by atoms with Crippen LogP contribution in [0.2, 0.25) is 4.34 Å². The molecule has 0 spiro atoms. The summed E-state index contributed by atoms with van der Waals surface area (Å²) in [5.74, 6) is 0.260. The fraction of sp³-hybridized carbons (Fsp3) is 0.312. The molecule has 0 unspecified atom stereocenters. The van der Waals surface area contributed by atoms with Crippen molar-refractivity contribution in [3.05, 3.63) is 45.8 Å². The van der Waals surface area contributed by atoms with E-state index in [1.165, 1.54) is 23.6 Å². The number of benzene rings is 1. The number of aliphatic imine (C=N–C) groups is 1. The topological polar surface area (TPSA) is 96.6 Å². The summed E-state index contributed by atoms with van der Waals surface area (Å²) >= 11 is 6.77. The van der Waals surface area contributed by atoms with Crippen LogP contribution in [0.25, 0.3) is 0 Å². The summed E-state index contributed by atoms with van der Waals surface area (Å²) in [4.78, 5) is 4.15. The number of nitrogens with zero attached hydrogens (tertiary/aromatic N) is 1. The maximum absolute atomic E-state index is 12.0. The molecule has 142 valence electrons. The molecule has 1 aliphatic rings. The molecule has 0 bridgehead atoms. The molecule has 0 aliphatic heterocycles. The number of hydrogen-bond acceptors (Lipinski definition) is 4. The predicted octanol–water partition coefficient (Wildman–Crippen LogP) is 3.21. The van der Waals surface area contributed by atoms with Gasteiger partial charge in [-0.3, -0.25) is 4.99 Å². The minimum Gasteiger partial charge on any atom is -0.370 e. The minimum atomic E-state index is -3.55. The first-order chi connectivity index (χ1) is 11.9. The summed E-state index contributed by atoms with van der Waals surface area (Å²) in [6, 6.07) is 9.21. The molecule has 0 amide bonds. The lowest BCUT2D eigenvalue weighted by Crippen LogP contribution is -2.28. The van der Waals surface area contributed by atoms with Crippen LogP contribution in [0.15, 0.2) is 39.5 Å². The molecule has 0 atom stereocenters. The number of anilines is 1. The fourth-order valence-corrected chi connectivity index (χ4v) is 5.25. The van der Waals surface area contributed by atoms with E-state index in [2.05, 4.69) is 27.2 Å². The van der Waals surface area contributed by atoms with Crippen molar-refractivity contribution in [1.82, 2.24) is 4.72 Å². The van der Waals surface area contributed by atoms with Gasteiger partial charge in [0.1, 0.15) is 4.21 Å². The van der Waals surface area contributed by atoms with E-state index in [0.717, 1.165) is 29.9 Å². The highest BCUT2D eigenvalue weighted by atomic mass is 127. The second-order valence-electron chi connectivity index (χ2n) is 5.69. The van der Waals surface area contributed by atoms with Crippen molar-refractivity contribution in [2.24, 2.45) is 10.7 Å². The number of thiophene rings is 1. The summed E-state index contributed by atoms with van der Waals surface area (Å²) in [5, 5.41) is 3.04. The SMILES string of the molecule is I.NC(=NCCNS(=O)(=O)c1ccc(Cl)s1)Nc1ccc2c(c1)CCC2. The van der Waals surface area contributed by atoms with E-state index in [4.69, 9.17) is 17.3 Å². The summed E-state index contributed by atoms with van der Waals surface area (Å²) in [6.07, 6.45) is 3.42. The Morgan fingerprint density at radius 1 is 1.23 bits per heavy atom. The largest absolute Gasteiger partial charge is 0.370 e. The first-order valence-corrected chi connectivity index (χ1v) is 10.6. The van der Waals surface area contributed by atoms with Crippen molar-refractivity contribution >= 4 is 68.6 Å². The van der Waals surface area contributed by atoms with E-state index < -0.39 is 10.0 Å². The van der Waals surface area contributed by atoms with Gasteiger partial charge in [-0.15, -0.1) is 35.3 Å². The lowest BCUT2D eigenvalue weighted by atomic mass is 10.1. The molecular formula is C16H20ClIN4O2S2. The van der Waals surface area contributed by atoms with E-state index >= 15 is 0 Å². The number of sulfonamides is 1. The van der Waals surface area contributed by atoms with Gasteiger partial charge in [0.2, 0.25) is 10.0 Å². The number of rotatable bonds is 6. The third-order valence-corrected chi connectivity index (χ3v) is 7.05. The van der Waals surface area contributed by atoms with E-state index in [1.54, 1.807) is 6.07 Å². The molecule has 10 heteroatoms. The van der Waals surface area contributed by atoms with Gasteiger partial charge in [0.15, 0.2) is 5.96 Å². The van der Waals surface area contributed by atoms with Gasteiger partial charge < -0.3 is 11.1 Å². The van der Waals surface area contributed by atoms with Crippen molar-refractivity contribution in [1.29, 1.82) is 0 Å². The van der Waals surface area contributed by atoms with Gasteiger partial charge in [-0.05, 0) is 54.7 Å². The van der Waals surface area contributed by atoms with Gasteiger partial charge in [0, 0.05) is 12.2 Å². The quantitative estimate of drug-likeness (QED) is 0.233. The molecule has 0 saturated heterocycles. The molecule has 3 rings (SSSR count). The van der Waals surface area contributed by atoms with E-state index in [9.17, 15) is 8.42 Å². The van der Waals surface area contributed by atoms with Crippen LogP contribution < -0.4 is 15.8 Å². The molecule has 1 aromatic carbocycles. The molecule has 26 heavy (non-hydrogen) atoms. The van der Waals surface area contributed by atoms with Crippen LogP contribution in [0.4, 0.5) is 5.69 Å². The second-order valence-corrected chi connectivity index (χ2v) is 9.39. The van der Waals surface area contributed by atoms with Gasteiger partial charge in [-0.1, -0.05) is 17.7 Å². The molecule has 2 aromatic rings. The van der Waals surface area contributed by atoms with Crippen LogP contribution in [-0.2, 0) is 22.9 Å². The van der Waals surface area contributed by atoms with Gasteiger partial charge in [-0.25, -0.2) is 13.1 Å². The fourth-order valence-electron chi connectivity index (χ4n) is 2.71. The van der Waals surface area contributed by atoms with Crippen molar-refractivity contribution in [3.63, 3.8) is 0 Å². The van der Waals surface area contributed by atoms with Gasteiger partial charge in [-0.2, -0.15) is 0 Å². The number of hydrogen-bond donors (Lipinski definition) is 3. The van der Waals surface area contributed by atoms with Crippen molar-refractivity contribution in [3.8, 4) is 0 Å². The summed E-state index contributed by atoms with van der Waals surface area (Å²) in [5.41, 5.74) is 9.50. The van der Waals surface area contributed by atoms with E-state index in [1.807, 2.05) is 6.07 Å². The smallest absolute Gasteiger partial charge is 0.250 e. The van der Waals surface area contributed by atoms with Crippen molar-refractivity contribution < 1.29 is 8.42 Å². The van der Waals surface area contributed by atoms with Crippen LogP contribution in [0.1, 0.15) is 17.5 Å². The van der Waals surface area contributed by atoms with E-state index in [-0.39, 0.29) is 47.2 Å². The Labute approximate surface area is 179 Å². The van der Waals surface area contributed by atoms with Gasteiger partial charge in [0.05, 0.1) is 10.9 Å². The summed E-state index contributed by atoms with van der Waals surface area (Å²) < 4.78 is 27.2. The summed E-state index contributed by atoms with van der Waals surface area (Å²) in [6.45, 7) is 0.395. The predicted molar refractivity (Wildman–Crippen MR) is 119 cm³/mol. The maximum Gasteiger partial charge on any atom is 0.250 e. The number of nitrogens with two attached hydrogens (primary N) is 1. The second kappa shape index (κ2) is 9.36. The van der Waals surface area contributed by atoms with Crippen LogP contribution in [0.3, 0.4) is 0 Å². The maximum atomic E-state index is 12.0. The Morgan fingerprint density at radius 2 is 2.00 bits per heavy atom. The first-order valence-electron chi connectivity index (χ1n) is 7.88. The summed E-state index contributed by atoms with van der Waals surface area (Å²) in [7, 11) is -3.55. The zero-order valence-corrected chi connectivity index (χ0v) is 18.6. The molecular weight excluding hydrogens is 507 g/mol. The Hall–Kier alpha value is -0.880. The minimum absolute atomic E-state index is 0. The number of guanidine groups is 1. The van der Waals surface area contributed by atoms with Gasteiger partial charge >= 0.3 is 0 Å². The number of nitrogens with one attached hydrogen (secondary N) is 2. The van der Waals surface area contributed by atoms with Gasteiger partial charge in [0.25, 0.3) is 0 Å². The average Bonchev–Trinajstić information content (AvgIpc) is 3.20. The molecule has 1 aromatic heterocycles. The third-order valence-electron chi connectivity index (χ3n) is 3.87. The lowest BCUT2D eigenvalue weighted by Gasteiger charge is -2.08. The molecule has 1 aliphatic carbocycles. The molecule has 1 heterocycles. The monoisotopic (exact) mass is 526 g/mol. The van der Waals surface area contributed by atoms with Crippen LogP contribution in [0.5, 0.6) is 0 Å². The first kappa shape index (κ1) is 21.4. The highest BCUT2D eigenvalue weighted by Crippen LogP contribution is 2.25. The third kappa shape index (κ3) is 5.56. The van der Waals surface area contributed by atoms with Crippen molar-refractivity contribution in [2.75, 3.05) is 18.4 Å². The van der Waals surface area contributed by atoms with E-state index in [0.29, 0.717) is 4.34 Å². The normalized spacial score (nSPS) is 14.0. The highest BCUT2D eigenvalue weighted by Gasteiger charge is 2.15. The highest BCUT2D eigenvalue weighted by molar-refractivity contribution is 14.0. The zero-order valence-electron chi connectivity index (χ0n) is 13.9. The Morgan fingerprint density at radius 3 is 2.73 bits per heavy atom. The lowest BCUT2D eigenvalue weighted by molar-refractivity contribution is 0.584. The van der Waals surface area contributed by atoms with Crippen LogP contribution >= 0.6 is 46.9 Å². The van der Waals surface area contributed by atoms with Crippen LogP contribution in [0, 0.1) is 0 Å². The van der Waals surface area contributed by atoms with Crippen molar-refractivity contribution in [2.45, 2.75) is 23.5 Å². The Bertz CT molecular complexity index is 899. The molecule has 0 saturated carbocycles.